The molecule has 0 unspecified atom stereocenters. The lowest BCUT2D eigenvalue weighted by atomic mass is 10.1. The second-order valence-electron chi connectivity index (χ2n) is 7.79. The minimum atomic E-state index is -0.509. The summed E-state index contributed by atoms with van der Waals surface area (Å²) in [6.45, 7) is 0.359. The van der Waals surface area contributed by atoms with Gasteiger partial charge in [-0.25, -0.2) is 0 Å². The summed E-state index contributed by atoms with van der Waals surface area (Å²) in [6, 6.07) is 20.8. The Kier molecular flexibility index (Phi) is 5.55. The first-order chi connectivity index (χ1) is 16.5. The van der Waals surface area contributed by atoms with Gasteiger partial charge in [-0.3, -0.25) is 28.3 Å². The maximum Gasteiger partial charge on any atom is 0.261 e. The van der Waals surface area contributed by atoms with Gasteiger partial charge in [-0.15, -0.1) is 0 Å². The molecule has 0 N–H and O–H groups in total. The fourth-order valence-corrected chi connectivity index (χ4v) is 4.02. The zero-order valence-corrected chi connectivity index (χ0v) is 18.1. The van der Waals surface area contributed by atoms with E-state index in [4.69, 9.17) is 9.47 Å². The summed E-state index contributed by atoms with van der Waals surface area (Å²) in [7, 11) is 0. The fourth-order valence-electron chi connectivity index (χ4n) is 4.02. The lowest BCUT2D eigenvalue weighted by Gasteiger charge is -2.05. The Hall–Kier alpha value is -4.46. The molecule has 2 heterocycles. The molecule has 5 rings (SSSR count). The molecule has 8 heteroatoms. The van der Waals surface area contributed by atoms with Gasteiger partial charge in [-0.05, 0) is 36.4 Å². The Morgan fingerprint density at radius 2 is 0.824 bits per heavy atom. The van der Waals surface area contributed by atoms with Crippen LogP contribution in [-0.2, 0) is 13.1 Å². The Morgan fingerprint density at radius 3 is 1.15 bits per heavy atom. The predicted octanol–water partition coefficient (Wildman–Crippen LogP) is 2.07. The molecule has 0 spiro atoms. The zero-order chi connectivity index (χ0) is 23.7. The van der Waals surface area contributed by atoms with Crippen LogP contribution >= 0.6 is 0 Å². The van der Waals surface area contributed by atoms with E-state index in [9.17, 15) is 19.2 Å². The van der Waals surface area contributed by atoms with Crippen LogP contribution < -0.4 is 31.7 Å². The van der Waals surface area contributed by atoms with Crippen LogP contribution in [-0.4, -0.2) is 22.3 Å². The minimum Gasteiger partial charge on any atom is -0.492 e. The van der Waals surface area contributed by atoms with Gasteiger partial charge >= 0.3 is 0 Å². The lowest BCUT2D eigenvalue weighted by Crippen LogP contribution is -2.28. The van der Waals surface area contributed by atoms with E-state index in [-0.39, 0.29) is 47.8 Å². The standard InChI is InChI=1S/C26H20N2O6/c29-23-19-15-21-22(26(32)28(25(21)31)12-14-34-18-9-5-2-6-10-18)16-20(19)24(30)27(23)11-13-33-17-7-3-1-4-8-17/h1-10,15-16H,11-14H2. The van der Waals surface area contributed by atoms with E-state index in [0.717, 1.165) is 9.13 Å². The molecule has 0 bridgehead atoms. The highest BCUT2D eigenvalue weighted by molar-refractivity contribution is 5.97. The SMILES string of the molecule is O=c1c2cc3c(=O)n(CCOc4ccccc4)c(=O)c3cc2c(=O)n1CCOc1ccccc1. The topological polar surface area (TPSA) is 96.6 Å². The summed E-state index contributed by atoms with van der Waals surface area (Å²) in [5, 5.41) is 0.470. The molecule has 3 aromatic carbocycles. The summed E-state index contributed by atoms with van der Waals surface area (Å²) in [5.74, 6) is 1.26. The molecule has 0 atom stereocenters. The van der Waals surface area contributed by atoms with Gasteiger partial charge in [0.15, 0.2) is 0 Å². The van der Waals surface area contributed by atoms with E-state index >= 15 is 0 Å². The molecule has 0 aliphatic heterocycles. The molecule has 8 nitrogen and oxygen atoms in total. The molecule has 0 saturated carbocycles. The van der Waals surface area contributed by atoms with Crippen LogP contribution in [0.3, 0.4) is 0 Å². The van der Waals surface area contributed by atoms with Crippen molar-refractivity contribution >= 4 is 21.5 Å². The minimum absolute atomic E-state index is 0.0523. The van der Waals surface area contributed by atoms with Gasteiger partial charge in [0, 0.05) is 0 Å². The number of para-hydroxylation sites is 2. The molecule has 2 aromatic heterocycles. The molecule has 0 saturated heterocycles. The van der Waals surface area contributed by atoms with Gasteiger partial charge in [-0.1, -0.05) is 36.4 Å². The zero-order valence-electron chi connectivity index (χ0n) is 18.1. The third-order valence-electron chi connectivity index (χ3n) is 5.71. The van der Waals surface area contributed by atoms with Gasteiger partial charge < -0.3 is 9.47 Å². The van der Waals surface area contributed by atoms with E-state index in [0.29, 0.717) is 11.5 Å². The summed E-state index contributed by atoms with van der Waals surface area (Å²) in [5.41, 5.74) is -2.03. The number of ether oxygens (including phenoxy) is 2. The van der Waals surface area contributed by atoms with Crippen LogP contribution in [0.2, 0.25) is 0 Å². The van der Waals surface area contributed by atoms with E-state index in [1.165, 1.54) is 12.1 Å². The smallest absolute Gasteiger partial charge is 0.261 e. The number of hydrogen-bond acceptors (Lipinski definition) is 6. The molecule has 34 heavy (non-hydrogen) atoms. The van der Waals surface area contributed by atoms with Crippen LogP contribution in [0.25, 0.3) is 21.5 Å². The van der Waals surface area contributed by atoms with Crippen LogP contribution in [0.4, 0.5) is 0 Å². The third kappa shape index (κ3) is 3.79. The summed E-state index contributed by atoms with van der Waals surface area (Å²) in [6.07, 6.45) is 0. The Balaban J connectivity index is 1.43. The third-order valence-corrected chi connectivity index (χ3v) is 5.71. The number of benzene rings is 3. The van der Waals surface area contributed by atoms with Crippen molar-refractivity contribution in [3.63, 3.8) is 0 Å². The van der Waals surface area contributed by atoms with Crippen molar-refractivity contribution < 1.29 is 9.47 Å². The van der Waals surface area contributed by atoms with Crippen LogP contribution in [0.5, 0.6) is 11.5 Å². The monoisotopic (exact) mass is 456 g/mol. The highest BCUT2D eigenvalue weighted by Crippen LogP contribution is 2.15. The highest BCUT2D eigenvalue weighted by atomic mass is 16.5. The van der Waals surface area contributed by atoms with E-state index in [1.807, 2.05) is 36.4 Å². The molecule has 0 amide bonds. The van der Waals surface area contributed by atoms with E-state index in [1.54, 1.807) is 24.3 Å². The molecule has 170 valence electrons. The molecule has 5 aromatic rings. The van der Waals surface area contributed by atoms with Crippen molar-refractivity contribution in [2.45, 2.75) is 13.1 Å². The fraction of sp³-hybridized carbons (Fsp3) is 0.154. The second-order valence-corrected chi connectivity index (χ2v) is 7.79. The van der Waals surface area contributed by atoms with Gasteiger partial charge in [-0.2, -0.15) is 0 Å². The predicted molar refractivity (Wildman–Crippen MR) is 129 cm³/mol. The van der Waals surface area contributed by atoms with Crippen LogP contribution in [0.15, 0.2) is 92.0 Å². The number of hydrogen-bond donors (Lipinski definition) is 0. The van der Waals surface area contributed by atoms with Crippen molar-refractivity contribution in [3.05, 3.63) is 114 Å². The van der Waals surface area contributed by atoms with Gasteiger partial charge in [0.05, 0.1) is 34.6 Å². The Labute approximate surface area is 192 Å². The highest BCUT2D eigenvalue weighted by Gasteiger charge is 2.19. The molecular formula is C26H20N2O6. The van der Waals surface area contributed by atoms with Crippen LogP contribution in [0, 0.1) is 0 Å². The number of fused-ring (bicyclic) bond motifs is 2. The summed E-state index contributed by atoms with van der Waals surface area (Å²) < 4.78 is 13.3. The van der Waals surface area contributed by atoms with Crippen molar-refractivity contribution in [1.29, 1.82) is 0 Å². The maximum absolute atomic E-state index is 12.9. The average Bonchev–Trinajstić information content (AvgIpc) is 3.24. The maximum atomic E-state index is 12.9. The quantitative estimate of drug-likeness (QED) is 0.355. The average molecular weight is 456 g/mol. The Bertz CT molecular complexity index is 1470. The first kappa shape index (κ1) is 21.4. The van der Waals surface area contributed by atoms with E-state index < -0.39 is 22.2 Å². The first-order valence-corrected chi connectivity index (χ1v) is 10.8. The number of rotatable bonds is 8. The molecule has 0 aliphatic carbocycles. The molecule has 0 aliphatic rings. The summed E-state index contributed by atoms with van der Waals surface area (Å²) in [4.78, 5) is 51.5. The lowest BCUT2D eigenvalue weighted by molar-refractivity contribution is 0.295. The van der Waals surface area contributed by atoms with Crippen molar-refractivity contribution in [1.82, 2.24) is 9.13 Å². The van der Waals surface area contributed by atoms with Gasteiger partial charge in [0.2, 0.25) is 0 Å². The van der Waals surface area contributed by atoms with E-state index in [2.05, 4.69) is 0 Å². The van der Waals surface area contributed by atoms with Gasteiger partial charge in [0.1, 0.15) is 24.7 Å². The van der Waals surface area contributed by atoms with Crippen molar-refractivity contribution in [3.8, 4) is 11.5 Å². The molecule has 0 fully saturated rings. The summed E-state index contributed by atoms with van der Waals surface area (Å²) >= 11 is 0. The first-order valence-electron chi connectivity index (χ1n) is 10.8. The Morgan fingerprint density at radius 1 is 0.500 bits per heavy atom. The van der Waals surface area contributed by atoms with Crippen LogP contribution in [0.1, 0.15) is 0 Å². The molecular weight excluding hydrogens is 436 g/mol. The number of aromatic nitrogens is 2. The second kappa shape index (κ2) is 8.82. The number of nitrogens with zero attached hydrogens (tertiary/aromatic N) is 2. The van der Waals surface area contributed by atoms with Gasteiger partial charge in [0.25, 0.3) is 22.2 Å². The normalized spacial score (nSPS) is 11.3. The molecule has 0 radical (unpaired) electrons. The van der Waals surface area contributed by atoms with Crippen molar-refractivity contribution in [2.24, 2.45) is 0 Å². The largest absolute Gasteiger partial charge is 0.492 e. The van der Waals surface area contributed by atoms with Crippen molar-refractivity contribution in [2.75, 3.05) is 13.2 Å².